The van der Waals surface area contributed by atoms with Crippen molar-refractivity contribution in [2.75, 3.05) is 5.75 Å². The average Bonchev–Trinajstić information content (AvgIpc) is 3.01. The number of carbonyl (C=O) groups is 1. The van der Waals surface area contributed by atoms with Gasteiger partial charge in [-0.25, -0.2) is 0 Å². The molecule has 1 saturated carbocycles. The van der Waals surface area contributed by atoms with Crippen LogP contribution < -0.4 is 0 Å². The molecule has 1 aromatic carbocycles. The molecule has 0 saturated heterocycles. The van der Waals surface area contributed by atoms with E-state index in [0.29, 0.717) is 11.8 Å². The molecule has 0 spiro atoms. The van der Waals surface area contributed by atoms with E-state index in [0.717, 1.165) is 24.0 Å². The molecule has 1 aliphatic rings. The molecule has 1 amide bonds. The third-order valence-corrected chi connectivity index (χ3v) is 5.60. The molecule has 1 atom stereocenters. The molecule has 1 aliphatic carbocycles. The minimum absolute atomic E-state index is 0.00654. The zero-order valence-electron chi connectivity index (χ0n) is 14.0. The van der Waals surface area contributed by atoms with Crippen molar-refractivity contribution in [3.8, 4) is 0 Å². The monoisotopic (exact) mass is 337 g/mol. The normalized spacial score (nSPS) is 16.7. The third kappa shape index (κ3) is 5.15. The van der Waals surface area contributed by atoms with Crippen LogP contribution in [-0.4, -0.2) is 38.0 Å². The van der Waals surface area contributed by atoms with Crippen LogP contribution in [0.4, 0.5) is 0 Å². The number of aliphatic hydroxyl groups excluding tert-OH is 1. The quantitative estimate of drug-likeness (QED) is 0.832. The Morgan fingerprint density at radius 3 is 2.30 bits per heavy atom. The molecule has 0 heterocycles. The fraction of sp³-hybridized carbons (Fsp3) is 0.611. The van der Waals surface area contributed by atoms with Gasteiger partial charge in [-0.1, -0.05) is 37.1 Å². The molecule has 1 aromatic rings. The van der Waals surface area contributed by atoms with Crippen LogP contribution in [0.3, 0.4) is 0 Å². The first kappa shape index (κ1) is 18.1. The molecule has 1 N–H and O–H groups in total. The highest BCUT2D eigenvalue weighted by molar-refractivity contribution is 7.84. The maximum Gasteiger partial charge on any atom is 0.235 e. The Labute approximate surface area is 141 Å². The molecule has 0 radical (unpaired) electrons. The highest BCUT2D eigenvalue weighted by Crippen LogP contribution is 2.25. The van der Waals surface area contributed by atoms with Gasteiger partial charge in [-0.3, -0.25) is 9.00 Å². The van der Waals surface area contributed by atoms with Crippen molar-refractivity contribution in [2.24, 2.45) is 0 Å². The van der Waals surface area contributed by atoms with Crippen LogP contribution in [0.25, 0.3) is 0 Å². The Kier molecular flexibility index (Phi) is 6.78. The molecule has 4 nitrogen and oxygen atoms in total. The van der Waals surface area contributed by atoms with Crippen molar-refractivity contribution < 1.29 is 14.1 Å². The van der Waals surface area contributed by atoms with E-state index in [1.165, 1.54) is 12.8 Å². The number of aliphatic hydroxyl groups is 1. The summed E-state index contributed by atoms with van der Waals surface area (Å²) >= 11 is 0. The first-order chi connectivity index (χ1) is 11.0. The number of amides is 1. The van der Waals surface area contributed by atoms with Gasteiger partial charge in [0, 0.05) is 28.6 Å². The maximum atomic E-state index is 12.6. The third-order valence-electron chi connectivity index (χ3n) is 4.38. The zero-order valence-corrected chi connectivity index (χ0v) is 14.8. The van der Waals surface area contributed by atoms with Crippen molar-refractivity contribution in [1.29, 1.82) is 0 Å². The van der Waals surface area contributed by atoms with Crippen LogP contribution in [0.1, 0.15) is 50.7 Å². The van der Waals surface area contributed by atoms with E-state index in [-0.39, 0.29) is 24.3 Å². The summed E-state index contributed by atoms with van der Waals surface area (Å²) in [4.78, 5) is 14.5. The lowest BCUT2D eigenvalue weighted by atomic mass is 10.1. The predicted molar refractivity (Wildman–Crippen MR) is 93.3 cm³/mol. The molecular weight excluding hydrogens is 310 g/mol. The van der Waals surface area contributed by atoms with E-state index >= 15 is 0 Å². The molecule has 1 unspecified atom stereocenters. The topological polar surface area (TPSA) is 57.6 Å². The minimum Gasteiger partial charge on any atom is -0.392 e. The molecule has 0 bridgehead atoms. The molecule has 23 heavy (non-hydrogen) atoms. The summed E-state index contributed by atoms with van der Waals surface area (Å²) in [6, 6.07) is 7.87. The van der Waals surface area contributed by atoms with Crippen LogP contribution in [0.15, 0.2) is 24.3 Å². The van der Waals surface area contributed by atoms with Gasteiger partial charge in [-0.2, -0.15) is 0 Å². The highest BCUT2D eigenvalue weighted by Gasteiger charge is 2.29. The largest absolute Gasteiger partial charge is 0.392 e. The van der Waals surface area contributed by atoms with Gasteiger partial charge >= 0.3 is 0 Å². The van der Waals surface area contributed by atoms with E-state index in [1.54, 1.807) is 0 Å². The zero-order chi connectivity index (χ0) is 16.8. The molecule has 128 valence electrons. The summed E-state index contributed by atoms with van der Waals surface area (Å²) in [6.45, 7) is 4.08. The van der Waals surface area contributed by atoms with Gasteiger partial charge in [0.05, 0.1) is 6.61 Å². The molecule has 2 rings (SSSR count). The first-order valence-corrected chi connectivity index (χ1v) is 9.85. The predicted octanol–water partition coefficient (Wildman–Crippen LogP) is 2.61. The van der Waals surface area contributed by atoms with E-state index < -0.39 is 10.8 Å². The Balaban J connectivity index is 1.92. The van der Waals surface area contributed by atoms with Crippen molar-refractivity contribution >= 4 is 16.7 Å². The smallest absolute Gasteiger partial charge is 0.235 e. The van der Waals surface area contributed by atoms with Crippen LogP contribution >= 0.6 is 0 Å². The van der Waals surface area contributed by atoms with Crippen LogP contribution in [0, 0.1) is 0 Å². The van der Waals surface area contributed by atoms with Crippen LogP contribution in [0.5, 0.6) is 0 Å². The summed E-state index contributed by atoms with van der Waals surface area (Å²) in [5.41, 5.74) is 1.77. The van der Waals surface area contributed by atoms with E-state index in [9.17, 15) is 9.00 Å². The van der Waals surface area contributed by atoms with E-state index in [2.05, 4.69) is 0 Å². The van der Waals surface area contributed by atoms with Crippen molar-refractivity contribution in [3.05, 3.63) is 35.4 Å². The number of nitrogens with zero attached hydrogens (tertiary/aromatic N) is 1. The summed E-state index contributed by atoms with van der Waals surface area (Å²) in [5, 5.41) is 9.04. The summed E-state index contributed by atoms with van der Waals surface area (Å²) < 4.78 is 12.3. The lowest BCUT2D eigenvalue weighted by molar-refractivity contribution is -0.132. The number of rotatable bonds is 7. The Morgan fingerprint density at radius 2 is 1.78 bits per heavy atom. The number of hydrogen-bond acceptors (Lipinski definition) is 3. The van der Waals surface area contributed by atoms with Crippen molar-refractivity contribution in [2.45, 2.75) is 64.0 Å². The van der Waals surface area contributed by atoms with Gasteiger partial charge < -0.3 is 10.0 Å². The summed E-state index contributed by atoms with van der Waals surface area (Å²) in [6.07, 6.45) is 4.50. The van der Waals surface area contributed by atoms with Crippen molar-refractivity contribution in [3.63, 3.8) is 0 Å². The van der Waals surface area contributed by atoms with Crippen LogP contribution in [-0.2, 0) is 28.0 Å². The Hall–Kier alpha value is -1.20. The van der Waals surface area contributed by atoms with Gasteiger partial charge in [0.15, 0.2) is 0 Å². The number of hydrogen-bond donors (Lipinski definition) is 1. The molecule has 5 heteroatoms. The maximum absolute atomic E-state index is 12.6. The van der Waals surface area contributed by atoms with E-state index in [1.807, 2.05) is 43.0 Å². The number of carbonyl (C=O) groups excluding carboxylic acids is 1. The molecule has 1 fully saturated rings. The second-order valence-electron chi connectivity index (χ2n) is 6.54. The first-order valence-electron chi connectivity index (χ1n) is 8.36. The van der Waals surface area contributed by atoms with Gasteiger partial charge in [0.25, 0.3) is 0 Å². The molecule has 0 aliphatic heterocycles. The molecular formula is C18H27NO3S. The van der Waals surface area contributed by atoms with Gasteiger partial charge in [-0.15, -0.1) is 0 Å². The van der Waals surface area contributed by atoms with Gasteiger partial charge in [0.2, 0.25) is 5.91 Å². The average molecular weight is 337 g/mol. The summed E-state index contributed by atoms with van der Waals surface area (Å²) in [7, 11) is -1.20. The standard InChI is InChI=1S/C18H27NO3S/c1-14(2)19(17-5-3-4-6-17)18(21)13-23(22)12-16-9-7-15(11-20)8-10-16/h7-10,14,17,20H,3-6,11-13H2,1-2H3. The van der Waals surface area contributed by atoms with Gasteiger partial charge in [0.1, 0.15) is 5.75 Å². The SMILES string of the molecule is CC(C)N(C(=O)CS(=O)Cc1ccc(CO)cc1)C1CCCC1. The molecule has 0 aromatic heterocycles. The second-order valence-corrected chi connectivity index (χ2v) is 7.99. The minimum atomic E-state index is -1.20. The van der Waals surface area contributed by atoms with Crippen LogP contribution in [0.2, 0.25) is 0 Å². The second kappa shape index (κ2) is 8.60. The highest BCUT2D eigenvalue weighted by atomic mass is 32.2. The van der Waals surface area contributed by atoms with Gasteiger partial charge in [-0.05, 0) is 37.8 Å². The lowest BCUT2D eigenvalue weighted by Gasteiger charge is -2.32. The lowest BCUT2D eigenvalue weighted by Crippen LogP contribution is -2.45. The van der Waals surface area contributed by atoms with Crippen molar-refractivity contribution in [1.82, 2.24) is 4.90 Å². The Bertz CT molecular complexity index is 536. The summed E-state index contributed by atoms with van der Waals surface area (Å²) in [5.74, 6) is 0.488. The number of benzene rings is 1. The fourth-order valence-electron chi connectivity index (χ4n) is 3.29. The fourth-order valence-corrected chi connectivity index (χ4v) is 4.38. The Morgan fingerprint density at radius 1 is 1.22 bits per heavy atom. The van der Waals surface area contributed by atoms with E-state index in [4.69, 9.17) is 5.11 Å².